The van der Waals surface area contributed by atoms with Gasteiger partial charge in [0.2, 0.25) is 0 Å². The normalized spacial score (nSPS) is 10.9. The minimum absolute atomic E-state index is 0.0592. The van der Waals surface area contributed by atoms with Crippen LogP contribution >= 0.6 is 11.8 Å². The summed E-state index contributed by atoms with van der Waals surface area (Å²) in [4.78, 5) is 0.941. The fourth-order valence-corrected chi connectivity index (χ4v) is 3.02. The van der Waals surface area contributed by atoms with Gasteiger partial charge < -0.3 is 5.32 Å². The highest BCUT2D eigenvalue weighted by molar-refractivity contribution is 7.99. The van der Waals surface area contributed by atoms with Gasteiger partial charge in [0, 0.05) is 11.4 Å². The molecule has 2 aromatic rings. The molecule has 0 aromatic heterocycles. The number of hydrogen-bond acceptors (Lipinski definition) is 2. The quantitative estimate of drug-likeness (QED) is 0.848. The molecule has 0 bridgehead atoms. The molecule has 112 valence electrons. The van der Waals surface area contributed by atoms with Gasteiger partial charge in [-0.15, -0.1) is 0 Å². The summed E-state index contributed by atoms with van der Waals surface area (Å²) >= 11 is 1.14. The first-order valence-electron chi connectivity index (χ1n) is 6.95. The lowest BCUT2D eigenvalue weighted by Gasteiger charge is -2.10. The maximum Gasteiger partial charge on any atom is 0.140 e. The van der Waals surface area contributed by atoms with E-state index < -0.39 is 11.6 Å². The zero-order valence-corrected chi connectivity index (χ0v) is 13.3. The number of benzene rings is 2. The van der Waals surface area contributed by atoms with E-state index in [0.29, 0.717) is 12.1 Å². The summed E-state index contributed by atoms with van der Waals surface area (Å²) < 4.78 is 28.3. The fraction of sp³-hybridized carbons (Fsp3) is 0.294. The summed E-state index contributed by atoms with van der Waals surface area (Å²) in [5, 5.41) is 3.06. The van der Waals surface area contributed by atoms with Crippen molar-refractivity contribution >= 4 is 11.8 Å². The van der Waals surface area contributed by atoms with Crippen LogP contribution in [0.4, 0.5) is 8.78 Å². The molecule has 1 N–H and O–H groups in total. The number of halogens is 2. The third kappa shape index (κ3) is 4.05. The first-order valence-corrected chi connectivity index (χ1v) is 7.76. The molecule has 21 heavy (non-hydrogen) atoms. The van der Waals surface area contributed by atoms with Gasteiger partial charge in [-0.2, -0.15) is 0 Å². The monoisotopic (exact) mass is 307 g/mol. The van der Waals surface area contributed by atoms with Crippen molar-refractivity contribution < 1.29 is 8.78 Å². The summed E-state index contributed by atoms with van der Waals surface area (Å²) in [5.74, 6) is -1.01. The topological polar surface area (TPSA) is 12.0 Å². The number of nitrogens with one attached hydrogen (secondary N) is 1. The first-order chi connectivity index (χ1) is 10.0. The van der Waals surface area contributed by atoms with Crippen LogP contribution in [0.5, 0.6) is 0 Å². The van der Waals surface area contributed by atoms with Gasteiger partial charge in [0.05, 0.1) is 4.90 Å². The highest BCUT2D eigenvalue weighted by atomic mass is 32.2. The van der Waals surface area contributed by atoms with Crippen LogP contribution in [0.2, 0.25) is 0 Å². The van der Waals surface area contributed by atoms with Crippen LogP contribution in [0, 0.1) is 25.5 Å². The van der Waals surface area contributed by atoms with Crippen LogP contribution < -0.4 is 5.32 Å². The minimum Gasteiger partial charge on any atom is -0.313 e. The summed E-state index contributed by atoms with van der Waals surface area (Å²) in [5.41, 5.74) is 2.71. The van der Waals surface area contributed by atoms with Gasteiger partial charge in [0.15, 0.2) is 0 Å². The number of rotatable bonds is 5. The van der Waals surface area contributed by atoms with Crippen molar-refractivity contribution in [1.82, 2.24) is 5.32 Å². The van der Waals surface area contributed by atoms with Crippen molar-refractivity contribution in [2.24, 2.45) is 0 Å². The molecule has 0 aliphatic rings. The second-order valence-electron chi connectivity index (χ2n) is 5.04. The largest absolute Gasteiger partial charge is 0.313 e. The third-order valence-electron chi connectivity index (χ3n) is 3.19. The Labute approximate surface area is 128 Å². The van der Waals surface area contributed by atoms with E-state index in [1.165, 1.54) is 12.1 Å². The molecular weight excluding hydrogens is 288 g/mol. The third-order valence-corrected chi connectivity index (χ3v) is 4.45. The average molecular weight is 307 g/mol. The van der Waals surface area contributed by atoms with Gasteiger partial charge >= 0.3 is 0 Å². The molecule has 0 radical (unpaired) electrons. The fourth-order valence-electron chi connectivity index (χ4n) is 2.01. The van der Waals surface area contributed by atoms with Gasteiger partial charge in [-0.1, -0.05) is 30.8 Å². The van der Waals surface area contributed by atoms with E-state index in [-0.39, 0.29) is 4.90 Å². The van der Waals surface area contributed by atoms with Crippen LogP contribution in [-0.4, -0.2) is 6.54 Å². The van der Waals surface area contributed by atoms with E-state index in [0.717, 1.165) is 34.3 Å². The van der Waals surface area contributed by atoms with Crippen molar-refractivity contribution in [3.63, 3.8) is 0 Å². The molecule has 0 unspecified atom stereocenters. The summed E-state index contributed by atoms with van der Waals surface area (Å²) in [7, 11) is 0. The van der Waals surface area contributed by atoms with Gasteiger partial charge in [0.25, 0.3) is 0 Å². The Morgan fingerprint density at radius 2 is 1.71 bits per heavy atom. The highest BCUT2D eigenvalue weighted by Gasteiger charge is 2.14. The average Bonchev–Trinajstić information content (AvgIpc) is 2.44. The molecule has 0 atom stereocenters. The molecule has 1 nitrogen and oxygen atoms in total. The molecule has 0 spiro atoms. The van der Waals surface area contributed by atoms with Crippen molar-refractivity contribution in [2.75, 3.05) is 6.54 Å². The Morgan fingerprint density at radius 1 is 1.05 bits per heavy atom. The van der Waals surface area contributed by atoms with E-state index in [1.54, 1.807) is 0 Å². The standard InChI is InChI=1S/C17H19F2NS/c1-4-20-10-13-8-14(18)17(15(19)9-13)21-16-7-11(2)5-6-12(16)3/h5-9,20H,4,10H2,1-3H3. The molecule has 0 aliphatic carbocycles. The molecule has 0 heterocycles. The smallest absolute Gasteiger partial charge is 0.140 e. The molecular formula is C17H19F2NS. The van der Waals surface area contributed by atoms with Crippen LogP contribution in [-0.2, 0) is 6.54 Å². The summed E-state index contributed by atoms with van der Waals surface area (Å²) in [6, 6.07) is 8.71. The van der Waals surface area contributed by atoms with E-state index in [4.69, 9.17) is 0 Å². The maximum atomic E-state index is 14.2. The zero-order chi connectivity index (χ0) is 15.4. The number of hydrogen-bond donors (Lipinski definition) is 1. The van der Waals surface area contributed by atoms with E-state index in [1.807, 2.05) is 39.0 Å². The minimum atomic E-state index is -0.506. The Bertz CT molecular complexity index is 618. The molecule has 0 amide bonds. The highest BCUT2D eigenvalue weighted by Crippen LogP contribution is 2.35. The Kier molecular flexibility index (Phi) is 5.37. The zero-order valence-electron chi connectivity index (χ0n) is 12.5. The van der Waals surface area contributed by atoms with Gasteiger partial charge in [-0.3, -0.25) is 0 Å². The predicted molar refractivity (Wildman–Crippen MR) is 83.8 cm³/mol. The van der Waals surface area contributed by atoms with Gasteiger partial charge in [-0.05, 0) is 55.3 Å². The number of aryl methyl sites for hydroxylation is 2. The Hall–Kier alpha value is -1.39. The second-order valence-corrected chi connectivity index (χ2v) is 6.09. The van der Waals surface area contributed by atoms with Crippen LogP contribution in [0.15, 0.2) is 40.1 Å². The second kappa shape index (κ2) is 7.05. The summed E-state index contributed by atoms with van der Waals surface area (Å²) in [6.07, 6.45) is 0. The van der Waals surface area contributed by atoms with Gasteiger partial charge in [0.1, 0.15) is 11.6 Å². The molecule has 2 aromatic carbocycles. The first kappa shape index (κ1) is 16.0. The van der Waals surface area contributed by atoms with E-state index in [9.17, 15) is 8.78 Å². The van der Waals surface area contributed by atoms with Crippen molar-refractivity contribution in [2.45, 2.75) is 37.1 Å². The summed E-state index contributed by atoms with van der Waals surface area (Å²) in [6.45, 7) is 7.10. The SMILES string of the molecule is CCNCc1cc(F)c(Sc2cc(C)ccc2C)c(F)c1. The molecule has 4 heteroatoms. The molecule has 0 aliphatic heterocycles. The molecule has 0 fully saturated rings. The van der Waals surface area contributed by atoms with Crippen molar-refractivity contribution in [3.05, 3.63) is 58.7 Å². The lowest BCUT2D eigenvalue weighted by molar-refractivity contribution is 0.535. The Morgan fingerprint density at radius 3 is 2.33 bits per heavy atom. The molecule has 0 saturated carbocycles. The maximum absolute atomic E-state index is 14.2. The van der Waals surface area contributed by atoms with E-state index in [2.05, 4.69) is 5.32 Å². The van der Waals surface area contributed by atoms with Crippen molar-refractivity contribution in [1.29, 1.82) is 0 Å². The van der Waals surface area contributed by atoms with Gasteiger partial charge in [-0.25, -0.2) is 8.78 Å². The van der Waals surface area contributed by atoms with Crippen LogP contribution in [0.1, 0.15) is 23.6 Å². The lowest BCUT2D eigenvalue weighted by Crippen LogP contribution is -2.12. The van der Waals surface area contributed by atoms with Crippen molar-refractivity contribution in [3.8, 4) is 0 Å². The predicted octanol–water partition coefficient (Wildman–Crippen LogP) is 4.84. The van der Waals surface area contributed by atoms with Crippen LogP contribution in [0.25, 0.3) is 0 Å². The molecule has 2 rings (SSSR count). The Balaban J connectivity index is 2.30. The lowest BCUT2D eigenvalue weighted by atomic mass is 10.2. The van der Waals surface area contributed by atoms with Crippen LogP contribution in [0.3, 0.4) is 0 Å². The van der Waals surface area contributed by atoms with E-state index >= 15 is 0 Å². The molecule has 0 saturated heterocycles.